The zero-order chi connectivity index (χ0) is 11.0. The maximum absolute atomic E-state index is 5.60. The summed E-state index contributed by atoms with van der Waals surface area (Å²) in [5.41, 5.74) is 2.98. The molecule has 2 aromatic heterocycles. The van der Waals surface area contributed by atoms with Crippen LogP contribution in [0.15, 0.2) is 12.3 Å². The topological polar surface area (TPSA) is 50.8 Å². The van der Waals surface area contributed by atoms with Crippen LogP contribution in [0.2, 0.25) is 0 Å². The van der Waals surface area contributed by atoms with E-state index in [0.717, 1.165) is 42.0 Å². The molecule has 0 saturated carbocycles. The molecule has 0 radical (unpaired) electrons. The first-order valence-electron chi connectivity index (χ1n) is 5.74. The monoisotopic (exact) mass is 217 g/mol. The summed E-state index contributed by atoms with van der Waals surface area (Å²) < 4.78 is 5.60. The molecule has 3 heterocycles. The average Bonchev–Trinajstić information content (AvgIpc) is 2.86. The van der Waals surface area contributed by atoms with Gasteiger partial charge in [0, 0.05) is 19.2 Å². The van der Waals surface area contributed by atoms with Gasteiger partial charge >= 0.3 is 0 Å². The van der Waals surface area contributed by atoms with Crippen LogP contribution in [0.5, 0.6) is 0 Å². The van der Waals surface area contributed by atoms with Crippen LogP contribution in [0.25, 0.3) is 11.2 Å². The first-order valence-corrected chi connectivity index (χ1v) is 5.74. The Balaban J connectivity index is 1.86. The second-order valence-corrected chi connectivity index (χ2v) is 4.41. The van der Waals surface area contributed by atoms with Crippen molar-refractivity contribution in [3.05, 3.63) is 23.7 Å². The molecule has 1 atom stereocenters. The van der Waals surface area contributed by atoms with E-state index in [1.807, 2.05) is 13.1 Å². The molecule has 16 heavy (non-hydrogen) atoms. The minimum atomic E-state index is 0.335. The molecule has 1 saturated heterocycles. The number of ether oxygens (including phenoxy) is 1. The molecule has 1 aliphatic rings. The molecule has 0 amide bonds. The Morgan fingerprint density at radius 3 is 3.31 bits per heavy atom. The van der Waals surface area contributed by atoms with E-state index in [1.165, 1.54) is 6.42 Å². The number of fused-ring (bicyclic) bond motifs is 1. The standard InChI is InChI=1S/C12H15N3O/c1-8-5-10-12(13-7-8)15-11(14-10)6-9-3-2-4-16-9/h5,7,9H,2-4,6H2,1H3,(H,13,14,15). The summed E-state index contributed by atoms with van der Waals surface area (Å²) in [6.07, 6.45) is 5.36. The summed E-state index contributed by atoms with van der Waals surface area (Å²) in [5.74, 6) is 0.986. The Bertz CT molecular complexity index is 500. The number of rotatable bonds is 2. The molecule has 1 aliphatic heterocycles. The van der Waals surface area contributed by atoms with Crippen LogP contribution < -0.4 is 0 Å². The fourth-order valence-electron chi connectivity index (χ4n) is 2.17. The Morgan fingerprint density at radius 2 is 2.50 bits per heavy atom. The normalized spacial score (nSPS) is 20.7. The van der Waals surface area contributed by atoms with Gasteiger partial charge in [0.1, 0.15) is 5.82 Å². The highest BCUT2D eigenvalue weighted by molar-refractivity contribution is 5.70. The average molecular weight is 217 g/mol. The highest BCUT2D eigenvalue weighted by Crippen LogP contribution is 2.17. The van der Waals surface area contributed by atoms with Gasteiger partial charge in [-0.05, 0) is 31.4 Å². The molecule has 1 N–H and O–H groups in total. The van der Waals surface area contributed by atoms with Crippen LogP contribution in [-0.2, 0) is 11.2 Å². The molecule has 84 valence electrons. The Kier molecular flexibility index (Phi) is 2.36. The summed E-state index contributed by atoms with van der Waals surface area (Å²) in [7, 11) is 0. The number of hydrogen-bond donors (Lipinski definition) is 1. The second kappa shape index (κ2) is 3.87. The van der Waals surface area contributed by atoms with Crippen molar-refractivity contribution >= 4 is 11.2 Å². The number of imidazole rings is 1. The highest BCUT2D eigenvalue weighted by atomic mass is 16.5. The molecule has 0 aromatic carbocycles. The minimum Gasteiger partial charge on any atom is -0.378 e. The SMILES string of the molecule is Cc1cnc2nc(CC3CCCO3)[nH]c2c1. The predicted molar refractivity (Wildman–Crippen MR) is 61.3 cm³/mol. The quantitative estimate of drug-likeness (QED) is 0.836. The summed E-state index contributed by atoms with van der Waals surface area (Å²) >= 11 is 0. The maximum atomic E-state index is 5.60. The molecular weight excluding hydrogens is 202 g/mol. The lowest BCUT2D eigenvalue weighted by molar-refractivity contribution is 0.110. The van der Waals surface area contributed by atoms with Crippen molar-refractivity contribution in [2.75, 3.05) is 6.61 Å². The predicted octanol–water partition coefficient (Wildman–Crippen LogP) is 1.99. The fraction of sp³-hybridized carbons (Fsp3) is 0.500. The van der Waals surface area contributed by atoms with E-state index >= 15 is 0 Å². The number of aromatic nitrogens is 3. The first kappa shape index (κ1) is 9.78. The van der Waals surface area contributed by atoms with Gasteiger partial charge in [-0.25, -0.2) is 9.97 Å². The van der Waals surface area contributed by atoms with Crippen molar-refractivity contribution in [2.24, 2.45) is 0 Å². The van der Waals surface area contributed by atoms with E-state index < -0.39 is 0 Å². The summed E-state index contributed by atoms with van der Waals surface area (Å²) in [6.45, 7) is 2.93. The molecule has 0 spiro atoms. The summed E-state index contributed by atoms with van der Waals surface area (Å²) in [5, 5.41) is 0. The lowest BCUT2D eigenvalue weighted by Crippen LogP contribution is -2.09. The minimum absolute atomic E-state index is 0.335. The van der Waals surface area contributed by atoms with E-state index in [1.54, 1.807) is 0 Å². The van der Waals surface area contributed by atoms with Crippen molar-refractivity contribution < 1.29 is 4.74 Å². The van der Waals surface area contributed by atoms with Crippen molar-refractivity contribution in [1.82, 2.24) is 15.0 Å². The number of nitrogens with one attached hydrogen (secondary N) is 1. The van der Waals surface area contributed by atoms with Crippen molar-refractivity contribution in [1.29, 1.82) is 0 Å². The number of aromatic amines is 1. The number of pyridine rings is 1. The number of nitrogens with zero attached hydrogens (tertiary/aromatic N) is 2. The molecular formula is C12H15N3O. The largest absolute Gasteiger partial charge is 0.378 e. The van der Waals surface area contributed by atoms with Crippen LogP contribution in [0.1, 0.15) is 24.2 Å². The van der Waals surface area contributed by atoms with Crippen LogP contribution in [0.4, 0.5) is 0 Å². The van der Waals surface area contributed by atoms with Gasteiger partial charge in [-0.1, -0.05) is 0 Å². The van der Waals surface area contributed by atoms with Gasteiger partial charge in [0.05, 0.1) is 11.6 Å². The number of hydrogen-bond acceptors (Lipinski definition) is 3. The van der Waals surface area contributed by atoms with E-state index in [2.05, 4.69) is 21.0 Å². The zero-order valence-electron chi connectivity index (χ0n) is 9.36. The Morgan fingerprint density at radius 1 is 1.56 bits per heavy atom. The lowest BCUT2D eigenvalue weighted by Gasteiger charge is -2.05. The number of aryl methyl sites for hydroxylation is 1. The van der Waals surface area contributed by atoms with Crippen LogP contribution in [0, 0.1) is 6.92 Å². The maximum Gasteiger partial charge on any atom is 0.177 e. The fourth-order valence-corrected chi connectivity index (χ4v) is 2.17. The third-order valence-corrected chi connectivity index (χ3v) is 2.97. The lowest BCUT2D eigenvalue weighted by atomic mass is 10.2. The van der Waals surface area contributed by atoms with E-state index in [9.17, 15) is 0 Å². The van der Waals surface area contributed by atoms with E-state index in [4.69, 9.17) is 4.74 Å². The zero-order valence-corrected chi connectivity index (χ0v) is 9.36. The number of H-pyrrole nitrogens is 1. The summed E-state index contributed by atoms with van der Waals surface area (Å²) in [4.78, 5) is 12.1. The molecule has 0 bridgehead atoms. The van der Waals surface area contributed by atoms with Gasteiger partial charge in [0.2, 0.25) is 0 Å². The highest BCUT2D eigenvalue weighted by Gasteiger charge is 2.17. The smallest absolute Gasteiger partial charge is 0.177 e. The van der Waals surface area contributed by atoms with Gasteiger partial charge in [-0.2, -0.15) is 0 Å². The first-order chi connectivity index (χ1) is 7.81. The van der Waals surface area contributed by atoms with Crippen LogP contribution in [0.3, 0.4) is 0 Å². The molecule has 2 aromatic rings. The Labute approximate surface area is 94.1 Å². The van der Waals surface area contributed by atoms with Gasteiger partial charge in [0.15, 0.2) is 5.65 Å². The molecule has 4 nitrogen and oxygen atoms in total. The van der Waals surface area contributed by atoms with Crippen molar-refractivity contribution in [3.63, 3.8) is 0 Å². The summed E-state index contributed by atoms with van der Waals surface area (Å²) in [6, 6.07) is 2.08. The van der Waals surface area contributed by atoms with Gasteiger partial charge in [-0.3, -0.25) is 0 Å². The third kappa shape index (κ3) is 1.80. The van der Waals surface area contributed by atoms with Gasteiger partial charge < -0.3 is 9.72 Å². The second-order valence-electron chi connectivity index (χ2n) is 4.41. The van der Waals surface area contributed by atoms with Gasteiger partial charge in [-0.15, -0.1) is 0 Å². The molecule has 1 unspecified atom stereocenters. The van der Waals surface area contributed by atoms with Crippen LogP contribution >= 0.6 is 0 Å². The Hall–Kier alpha value is -1.42. The molecule has 0 aliphatic carbocycles. The van der Waals surface area contributed by atoms with E-state index in [0.29, 0.717) is 6.10 Å². The molecule has 3 rings (SSSR count). The van der Waals surface area contributed by atoms with Crippen molar-refractivity contribution in [3.8, 4) is 0 Å². The van der Waals surface area contributed by atoms with Crippen molar-refractivity contribution in [2.45, 2.75) is 32.3 Å². The van der Waals surface area contributed by atoms with Gasteiger partial charge in [0.25, 0.3) is 0 Å². The third-order valence-electron chi connectivity index (χ3n) is 2.97. The molecule has 1 fully saturated rings. The molecule has 4 heteroatoms. The van der Waals surface area contributed by atoms with Crippen LogP contribution in [-0.4, -0.2) is 27.7 Å². The van der Waals surface area contributed by atoms with E-state index in [-0.39, 0.29) is 0 Å².